The fraction of sp³-hybridized carbons (Fsp3) is 0.0556. The fourth-order valence-corrected chi connectivity index (χ4v) is 4.76. The van der Waals surface area contributed by atoms with Gasteiger partial charge >= 0.3 is 0 Å². The van der Waals surface area contributed by atoms with Crippen LogP contribution >= 0.6 is 11.3 Å². The van der Waals surface area contributed by atoms with Crippen molar-refractivity contribution in [3.8, 4) is 0 Å². The zero-order chi connectivity index (χ0) is 17.2. The maximum Gasteiger partial charge on any atom is 0.265 e. The average molecular weight is 357 g/mol. The zero-order valence-corrected chi connectivity index (χ0v) is 14.5. The van der Waals surface area contributed by atoms with Gasteiger partial charge in [-0.25, -0.2) is 8.42 Å². The van der Waals surface area contributed by atoms with Crippen molar-refractivity contribution in [3.05, 3.63) is 77.2 Å². The summed E-state index contributed by atoms with van der Waals surface area (Å²) in [6.07, 6.45) is 0. The third kappa shape index (κ3) is 3.39. The van der Waals surface area contributed by atoms with E-state index in [-0.39, 0.29) is 15.0 Å². The molecule has 0 atom stereocenters. The van der Waals surface area contributed by atoms with E-state index < -0.39 is 9.84 Å². The summed E-state index contributed by atoms with van der Waals surface area (Å²) in [5.41, 5.74) is 1.77. The van der Waals surface area contributed by atoms with Gasteiger partial charge in [0.25, 0.3) is 5.91 Å². The maximum absolute atomic E-state index is 12.5. The van der Waals surface area contributed by atoms with E-state index in [1.807, 2.05) is 31.2 Å². The molecule has 1 N–H and O–H groups in total. The number of benzene rings is 2. The summed E-state index contributed by atoms with van der Waals surface area (Å²) in [6.45, 7) is 1.96. The van der Waals surface area contributed by atoms with Crippen LogP contribution in [-0.4, -0.2) is 14.3 Å². The number of hydrogen-bond donors (Lipinski definition) is 1. The van der Waals surface area contributed by atoms with Gasteiger partial charge in [0.2, 0.25) is 9.84 Å². The Labute approximate surface area is 144 Å². The van der Waals surface area contributed by atoms with E-state index in [9.17, 15) is 13.2 Å². The van der Waals surface area contributed by atoms with Gasteiger partial charge in [0.1, 0.15) is 4.21 Å². The lowest BCUT2D eigenvalue weighted by molar-refractivity contribution is 0.103. The van der Waals surface area contributed by atoms with Crippen molar-refractivity contribution in [2.45, 2.75) is 16.0 Å². The van der Waals surface area contributed by atoms with E-state index in [1.54, 1.807) is 30.3 Å². The molecule has 1 amide bonds. The van der Waals surface area contributed by atoms with Crippen LogP contribution in [0, 0.1) is 6.92 Å². The van der Waals surface area contributed by atoms with Gasteiger partial charge in [-0.3, -0.25) is 4.79 Å². The highest BCUT2D eigenvalue weighted by atomic mass is 32.2. The van der Waals surface area contributed by atoms with E-state index in [2.05, 4.69) is 5.32 Å². The van der Waals surface area contributed by atoms with Crippen molar-refractivity contribution in [3.63, 3.8) is 0 Å². The largest absolute Gasteiger partial charge is 0.321 e. The quantitative estimate of drug-likeness (QED) is 0.763. The molecule has 3 rings (SSSR count). The molecule has 2 aromatic carbocycles. The number of nitrogens with one attached hydrogen (secondary N) is 1. The second-order valence-electron chi connectivity index (χ2n) is 5.26. The first-order chi connectivity index (χ1) is 11.5. The Morgan fingerprint density at radius 1 is 0.917 bits per heavy atom. The minimum atomic E-state index is -3.59. The van der Waals surface area contributed by atoms with Crippen LogP contribution in [0.2, 0.25) is 0 Å². The zero-order valence-electron chi connectivity index (χ0n) is 12.9. The molecule has 0 spiro atoms. The number of amides is 1. The summed E-state index contributed by atoms with van der Waals surface area (Å²) in [5.74, 6) is -0.321. The molecule has 24 heavy (non-hydrogen) atoms. The molecule has 0 aliphatic heterocycles. The molecule has 6 heteroatoms. The Kier molecular flexibility index (Phi) is 4.51. The summed E-state index contributed by atoms with van der Waals surface area (Å²) < 4.78 is 25.2. The normalized spacial score (nSPS) is 11.2. The van der Waals surface area contributed by atoms with Gasteiger partial charge in [0.15, 0.2) is 0 Å². The first-order valence-electron chi connectivity index (χ1n) is 7.25. The molecule has 122 valence electrons. The van der Waals surface area contributed by atoms with Gasteiger partial charge in [-0.05, 0) is 43.3 Å². The lowest BCUT2D eigenvalue weighted by Crippen LogP contribution is -2.09. The molecule has 0 radical (unpaired) electrons. The number of aryl methyl sites for hydroxylation is 1. The molecule has 1 aromatic heterocycles. The molecule has 0 fully saturated rings. The number of rotatable bonds is 4. The molecule has 0 aliphatic carbocycles. The molecule has 0 saturated carbocycles. The number of hydrogen-bond acceptors (Lipinski definition) is 4. The van der Waals surface area contributed by atoms with Crippen molar-refractivity contribution < 1.29 is 13.2 Å². The minimum Gasteiger partial charge on any atom is -0.321 e. The third-order valence-corrected chi connectivity index (χ3v) is 6.78. The monoisotopic (exact) mass is 357 g/mol. The van der Waals surface area contributed by atoms with E-state index >= 15 is 0 Å². The summed E-state index contributed by atoms with van der Waals surface area (Å²) in [5, 5.41) is 2.77. The summed E-state index contributed by atoms with van der Waals surface area (Å²) in [7, 11) is -3.59. The number of carbonyl (C=O) groups is 1. The predicted octanol–water partition coefficient (Wildman–Crippen LogP) is 4.14. The van der Waals surface area contributed by atoms with Gasteiger partial charge in [0.05, 0.1) is 9.77 Å². The summed E-state index contributed by atoms with van der Waals surface area (Å²) >= 11 is 0.965. The van der Waals surface area contributed by atoms with Crippen molar-refractivity contribution in [1.82, 2.24) is 0 Å². The predicted molar refractivity (Wildman–Crippen MR) is 95.3 cm³/mol. The molecule has 0 unspecified atom stereocenters. The topological polar surface area (TPSA) is 63.2 Å². The van der Waals surface area contributed by atoms with Crippen molar-refractivity contribution >= 4 is 32.8 Å². The van der Waals surface area contributed by atoms with Crippen LogP contribution in [0.25, 0.3) is 0 Å². The van der Waals surface area contributed by atoms with E-state index in [0.717, 1.165) is 16.9 Å². The Hall–Kier alpha value is -2.44. The fourth-order valence-electron chi connectivity index (χ4n) is 2.13. The van der Waals surface area contributed by atoms with Gasteiger partial charge in [-0.2, -0.15) is 0 Å². The molecule has 1 heterocycles. The smallest absolute Gasteiger partial charge is 0.265 e. The Balaban J connectivity index is 1.82. The maximum atomic E-state index is 12.5. The molecule has 0 bridgehead atoms. The van der Waals surface area contributed by atoms with Crippen LogP contribution in [0.4, 0.5) is 5.69 Å². The Bertz CT molecular complexity index is 959. The lowest BCUT2D eigenvalue weighted by atomic mass is 10.2. The van der Waals surface area contributed by atoms with Gasteiger partial charge < -0.3 is 5.32 Å². The lowest BCUT2D eigenvalue weighted by Gasteiger charge is -2.04. The van der Waals surface area contributed by atoms with Crippen LogP contribution in [0.3, 0.4) is 0 Å². The number of sulfone groups is 1. The van der Waals surface area contributed by atoms with Crippen molar-refractivity contribution in [1.29, 1.82) is 0 Å². The second kappa shape index (κ2) is 6.59. The third-order valence-electron chi connectivity index (χ3n) is 3.43. The standard InChI is InChI=1S/C18H15NO3S2/c1-13-7-9-14(10-8-13)19-18(20)16-11-12-17(23-16)24(21,22)15-5-3-2-4-6-15/h2-12H,1H3,(H,19,20). The molecule has 0 saturated heterocycles. The van der Waals surface area contributed by atoms with Crippen LogP contribution in [0.15, 0.2) is 75.8 Å². The summed E-state index contributed by atoms with van der Waals surface area (Å²) in [4.78, 5) is 12.9. The first kappa shape index (κ1) is 16.4. The average Bonchev–Trinajstić information content (AvgIpc) is 3.09. The Morgan fingerprint density at radius 2 is 1.58 bits per heavy atom. The van der Waals surface area contributed by atoms with Crippen LogP contribution in [-0.2, 0) is 9.84 Å². The first-order valence-corrected chi connectivity index (χ1v) is 9.55. The number of carbonyl (C=O) groups excluding carboxylic acids is 1. The highest BCUT2D eigenvalue weighted by Crippen LogP contribution is 2.28. The van der Waals surface area contributed by atoms with Crippen LogP contribution in [0.1, 0.15) is 15.2 Å². The van der Waals surface area contributed by atoms with Gasteiger partial charge in [0, 0.05) is 5.69 Å². The molecule has 4 nitrogen and oxygen atoms in total. The van der Waals surface area contributed by atoms with Crippen molar-refractivity contribution in [2.75, 3.05) is 5.32 Å². The SMILES string of the molecule is Cc1ccc(NC(=O)c2ccc(S(=O)(=O)c3ccccc3)s2)cc1. The highest BCUT2D eigenvalue weighted by molar-refractivity contribution is 7.93. The van der Waals surface area contributed by atoms with Gasteiger partial charge in [-0.15, -0.1) is 11.3 Å². The second-order valence-corrected chi connectivity index (χ2v) is 8.52. The van der Waals surface area contributed by atoms with Crippen LogP contribution < -0.4 is 5.32 Å². The highest BCUT2D eigenvalue weighted by Gasteiger charge is 2.21. The number of thiophene rings is 1. The van der Waals surface area contributed by atoms with E-state index in [0.29, 0.717) is 10.6 Å². The van der Waals surface area contributed by atoms with Crippen LogP contribution in [0.5, 0.6) is 0 Å². The van der Waals surface area contributed by atoms with E-state index in [4.69, 9.17) is 0 Å². The Morgan fingerprint density at radius 3 is 2.25 bits per heavy atom. The number of anilines is 1. The minimum absolute atomic E-state index is 0.155. The molecule has 0 aliphatic rings. The summed E-state index contributed by atoms with van der Waals surface area (Å²) in [6, 6.07) is 18.6. The molecular weight excluding hydrogens is 342 g/mol. The van der Waals surface area contributed by atoms with Crippen molar-refractivity contribution in [2.24, 2.45) is 0 Å². The van der Waals surface area contributed by atoms with Gasteiger partial charge in [-0.1, -0.05) is 35.9 Å². The molecule has 3 aromatic rings. The molecular formula is C18H15NO3S2. The van der Waals surface area contributed by atoms with E-state index in [1.165, 1.54) is 12.1 Å².